The van der Waals surface area contributed by atoms with Crippen LogP contribution in [0.2, 0.25) is 0 Å². The zero-order valence-electron chi connectivity index (χ0n) is 14.8. The summed E-state index contributed by atoms with van der Waals surface area (Å²) in [6, 6.07) is 22.3. The van der Waals surface area contributed by atoms with Crippen molar-refractivity contribution in [1.82, 2.24) is 0 Å². The van der Waals surface area contributed by atoms with E-state index < -0.39 is 20.2 Å². The molecule has 0 aliphatic carbocycles. The quantitative estimate of drug-likeness (QED) is 0.521. The van der Waals surface area contributed by atoms with Gasteiger partial charge in [-0.2, -0.15) is 16.8 Å². The fourth-order valence-electron chi connectivity index (χ4n) is 2.43. The van der Waals surface area contributed by atoms with Crippen molar-refractivity contribution in [1.29, 1.82) is 0 Å². The van der Waals surface area contributed by atoms with Crippen LogP contribution in [0.5, 0.6) is 0 Å². The number of hydrogen-bond acceptors (Lipinski definition) is 6. The molecule has 0 spiro atoms. The highest BCUT2D eigenvalue weighted by atomic mass is 32.2. The summed E-state index contributed by atoms with van der Waals surface area (Å²) >= 11 is 0. The highest BCUT2D eigenvalue weighted by Gasteiger charge is 2.18. The molecule has 0 fully saturated rings. The van der Waals surface area contributed by atoms with Gasteiger partial charge >= 0.3 is 0 Å². The molecule has 3 rings (SSSR count). The number of hydrogen-bond donors (Lipinski definition) is 0. The van der Waals surface area contributed by atoms with Gasteiger partial charge in [0.1, 0.15) is 0 Å². The number of benzene rings is 3. The van der Waals surface area contributed by atoms with Crippen molar-refractivity contribution in [3.8, 4) is 0 Å². The molecule has 3 aromatic rings. The lowest BCUT2D eigenvalue weighted by molar-refractivity contribution is 0.288. The Hall–Kier alpha value is -2.52. The summed E-state index contributed by atoms with van der Waals surface area (Å²) in [6.07, 6.45) is 0. The summed E-state index contributed by atoms with van der Waals surface area (Å²) in [5, 5.41) is 0. The van der Waals surface area contributed by atoms with Crippen LogP contribution in [0.15, 0.2) is 94.7 Å². The third-order valence-electron chi connectivity index (χ3n) is 3.92. The van der Waals surface area contributed by atoms with Crippen LogP contribution in [0.3, 0.4) is 0 Å². The second-order valence-corrected chi connectivity index (χ2v) is 9.06. The van der Waals surface area contributed by atoms with Crippen LogP contribution in [-0.2, 0) is 41.8 Å². The number of rotatable bonds is 8. The van der Waals surface area contributed by atoms with Crippen LogP contribution in [0.1, 0.15) is 11.1 Å². The van der Waals surface area contributed by atoms with E-state index >= 15 is 0 Å². The van der Waals surface area contributed by atoms with Gasteiger partial charge in [-0.15, -0.1) is 0 Å². The molecular formula is C20H18O6S2. The minimum absolute atomic E-state index is 0.0513. The SMILES string of the molecule is O=S(=O)(OCc1ccccc1COS(=O)(=O)c1ccccc1)c1ccccc1. The fraction of sp³-hybridized carbons (Fsp3) is 0.100. The van der Waals surface area contributed by atoms with E-state index in [1.165, 1.54) is 24.3 Å². The smallest absolute Gasteiger partial charge is 0.262 e. The van der Waals surface area contributed by atoms with E-state index in [0.29, 0.717) is 11.1 Å². The minimum Gasteiger partial charge on any atom is -0.262 e. The molecule has 28 heavy (non-hydrogen) atoms. The average molecular weight is 418 g/mol. The zero-order valence-corrected chi connectivity index (χ0v) is 16.4. The largest absolute Gasteiger partial charge is 0.297 e. The molecule has 0 saturated heterocycles. The van der Waals surface area contributed by atoms with Gasteiger partial charge in [0.25, 0.3) is 20.2 Å². The highest BCUT2D eigenvalue weighted by molar-refractivity contribution is 7.87. The maximum atomic E-state index is 12.3. The van der Waals surface area contributed by atoms with Gasteiger partial charge in [-0.25, -0.2) is 0 Å². The second kappa shape index (κ2) is 8.66. The highest BCUT2D eigenvalue weighted by Crippen LogP contribution is 2.19. The van der Waals surface area contributed by atoms with E-state index in [4.69, 9.17) is 8.37 Å². The first kappa shape index (κ1) is 20.2. The van der Waals surface area contributed by atoms with E-state index in [9.17, 15) is 16.8 Å². The van der Waals surface area contributed by atoms with Crippen molar-refractivity contribution < 1.29 is 25.2 Å². The van der Waals surface area contributed by atoms with Gasteiger partial charge < -0.3 is 0 Å². The van der Waals surface area contributed by atoms with E-state index in [1.807, 2.05) is 0 Å². The van der Waals surface area contributed by atoms with Crippen LogP contribution < -0.4 is 0 Å². The van der Waals surface area contributed by atoms with Crippen LogP contribution in [0.4, 0.5) is 0 Å². The van der Waals surface area contributed by atoms with Gasteiger partial charge in [0.05, 0.1) is 23.0 Å². The van der Waals surface area contributed by atoms with E-state index in [-0.39, 0.29) is 23.0 Å². The summed E-state index contributed by atoms with van der Waals surface area (Å²) in [5.74, 6) is 0. The van der Waals surface area contributed by atoms with Crippen LogP contribution >= 0.6 is 0 Å². The summed E-state index contributed by atoms with van der Waals surface area (Å²) in [6.45, 7) is -0.468. The van der Waals surface area contributed by atoms with Gasteiger partial charge in [-0.05, 0) is 35.4 Å². The Morgan fingerprint density at radius 3 is 1.18 bits per heavy atom. The summed E-state index contributed by atoms with van der Waals surface area (Å²) < 4.78 is 59.3. The molecule has 146 valence electrons. The molecule has 0 bridgehead atoms. The Bertz CT molecular complexity index is 1030. The molecule has 0 atom stereocenters. The zero-order chi connectivity index (χ0) is 20.0. The molecule has 0 N–H and O–H groups in total. The molecule has 8 heteroatoms. The Morgan fingerprint density at radius 2 is 0.821 bits per heavy atom. The Kier molecular flexibility index (Phi) is 6.25. The molecule has 0 amide bonds. The van der Waals surface area contributed by atoms with Crippen molar-refractivity contribution in [3.63, 3.8) is 0 Å². The van der Waals surface area contributed by atoms with Gasteiger partial charge in [0, 0.05) is 0 Å². The molecule has 3 aromatic carbocycles. The molecule has 0 aromatic heterocycles. The lowest BCUT2D eigenvalue weighted by Crippen LogP contribution is -2.10. The van der Waals surface area contributed by atoms with Crippen molar-refractivity contribution in [3.05, 3.63) is 96.1 Å². The predicted molar refractivity (Wildman–Crippen MR) is 103 cm³/mol. The maximum Gasteiger partial charge on any atom is 0.297 e. The molecule has 0 aliphatic rings. The predicted octanol–water partition coefficient (Wildman–Crippen LogP) is 3.50. The summed E-state index contributed by atoms with van der Waals surface area (Å²) in [5.41, 5.74) is 1.04. The summed E-state index contributed by atoms with van der Waals surface area (Å²) in [4.78, 5) is 0.103. The first-order valence-electron chi connectivity index (χ1n) is 8.34. The van der Waals surface area contributed by atoms with E-state index in [2.05, 4.69) is 0 Å². The standard InChI is InChI=1S/C20H18O6S2/c21-27(22,19-11-3-1-4-12-19)25-15-17-9-7-8-10-18(17)16-26-28(23,24)20-13-5-2-6-14-20/h1-14H,15-16H2. The van der Waals surface area contributed by atoms with E-state index in [1.54, 1.807) is 60.7 Å². The van der Waals surface area contributed by atoms with Crippen molar-refractivity contribution in [2.75, 3.05) is 0 Å². The van der Waals surface area contributed by atoms with Gasteiger partial charge in [0.2, 0.25) is 0 Å². The van der Waals surface area contributed by atoms with Crippen LogP contribution in [0, 0.1) is 0 Å². The Labute approximate surface area is 164 Å². The molecule has 6 nitrogen and oxygen atoms in total. The lowest BCUT2D eigenvalue weighted by atomic mass is 10.1. The monoisotopic (exact) mass is 418 g/mol. The molecular weight excluding hydrogens is 400 g/mol. The van der Waals surface area contributed by atoms with Gasteiger partial charge in [-0.1, -0.05) is 60.7 Å². The third-order valence-corrected chi connectivity index (χ3v) is 6.48. The normalized spacial score (nSPS) is 12.0. The Morgan fingerprint density at radius 1 is 0.500 bits per heavy atom. The first-order valence-corrected chi connectivity index (χ1v) is 11.2. The lowest BCUT2D eigenvalue weighted by Gasteiger charge is -2.11. The fourth-order valence-corrected chi connectivity index (χ4v) is 4.25. The summed E-state index contributed by atoms with van der Waals surface area (Å²) in [7, 11) is -7.84. The van der Waals surface area contributed by atoms with Crippen LogP contribution in [-0.4, -0.2) is 16.8 Å². The molecule has 0 heterocycles. The van der Waals surface area contributed by atoms with Gasteiger partial charge in [0.15, 0.2) is 0 Å². The van der Waals surface area contributed by atoms with Crippen molar-refractivity contribution in [2.45, 2.75) is 23.0 Å². The minimum atomic E-state index is -3.92. The van der Waals surface area contributed by atoms with E-state index in [0.717, 1.165) is 0 Å². The van der Waals surface area contributed by atoms with Crippen LogP contribution in [0.25, 0.3) is 0 Å². The second-order valence-electron chi connectivity index (χ2n) is 5.83. The molecule has 0 aliphatic heterocycles. The molecule has 0 unspecified atom stereocenters. The first-order chi connectivity index (χ1) is 13.4. The molecule has 0 saturated carbocycles. The maximum absolute atomic E-state index is 12.3. The van der Waals surface area contributed by atoms with Crippen molar-refractivity contribution in [2.24, 2.45) is 0 Å². The molecule has 0 radical (unpaired) electrons. The average Bonchev–Trinajstić information content (AvgIpc) is 2.73. The topological polar surface area (TPSA) is 86.7 Å². The third kappa shape index (κ3) is 5.05. The Balaban J connectivity index is 1.72. The van der Waals surface area contributed by atoms with Crippen molar-refractivity contribution >= 4 is 20.2 Å². The van der Waals surface area contributed by atoms with Gasteiger partial charge in [-0.3, -0.25) is 8.37 Å².